The van der Waals surface area contributed by atoms with Crippen molar-refractivity contribution in [1.29, 1.82) is 0 Å². The average Bonchev–Trinajstić information content (AvgIpc) is 2.77. The zero-order valence-electron chi connectivity index (χ0n) is 18.5. The Hall–Kier alpha value is -2.93. The summed E-state index contributed by atoms with van der Waals surface area (Å²) in [5.74, 6) is -15.9. The number of nitrogens with one attached hydrogen (secondary N) is 1. The highest BCUT2D eigenvalue weighted by Gasteiger charge is 2.67. The van der Waals surface area contributed by atoms with Crippen molar-refractivity contribution in [2.24, 2.45) is 0 Å². The molecule has 0 saturated carbocycles. The first-order valence-electron chi connectivity index (χ1n) is 9.73. The number of benzene rings is 1. The van der Waals surface area contributed by atoms with Gasteiger partial charge in [0.25, 0.3) is 0 Å². The summed E-state index contributed by atoms with van der Waals surface area (Å²) in [7, 11) is -6.94. The number of esters is 1. The molecule has 38 heavy (non-hydrogen) atoms. The van der Waals surface area contributed by atoms with Crippen LogP contribution in [0.1, 0.15) is 18.4 Å². The van der Waals surface area contributed by atoms with Crippen LogP contribution in [0.15, 0.2) is 42.5 Å². The summed E-state index contributed by atoms with van der Waals surface area (Å²) >= 11 is 0. The van der Waals surface area contributed by atoms with E-state index in [1.165, 1.54) is 30.3 Å². The van der Waals surface area contributed by atoms with E-state index in [0.717, 1.165) is 0 Å². The van der Waals surface area contributed by atoms with Crippen LogP contribution in [-0.4, -0.2) is 60.8 Å². The summed E-state index contributed by atoms with van der Waals surface area (Å²) in [6, 6.07) is 6.78. The maximum atomic E-state index is 13.9. The van der Waals surface area contributed by atoms with Gasteiger partial charge in [-0.25, -0.2) is 13.2 Å². The van der Waals surface area contributed by atoms with E-state index in [9.17, 15) is 66.5 Å². The molecule has 8 nitrogen and oxygen atoms in total. The van der Waals surface area contributed by atoms with Crippen LogP contribution in [0.25, 0.3) is 0 Å². The van der Waals surface area contributed by atoms with Crippen molar-refractivity contribution >= 4 is 22.0 Å². The van der Waals surface area contributed by atoms with Crippen molar-refractivity contribution in [3.05, 3.63) is 48.0 Å². The largest absolute Gasteiger partial charge is 0.743 e. The predicted octanol–water partition coefficient (Wildman–Crippen LogP) is 3.79. The van der Waals surface area contributed by atoms with Crippen LogP contribution in [-0.2, 0) is 35.7 Å². The van der Waals surface area contributed by atoms with Gasteiger partial charge in [0.15, 0.2) is 10.1 Å². The third kappa shape index (κ3) is 7.56. The first-order valence-corrected chi connectivity index (χ1v) is 11.1. The predicted molar refractivity (Wildman–Crippen MR) is 103 cm³/mol. The Balaban J connectivity index is 3.28. The molecule has 19 heteroatoms. The lowest BCUT2D eigenvalue weighted by atomic mass is 10.1. The van der Waals surface area contributed by atoms with Crippen LogP contribution in [0.2, 0.25) is 0 Å². The van der Waals surface area contributed by atoms with Gasteiger partial charge in [0.05, 0.1) is 6.61 Å². The second kappa shape index (κ2) is 11.4. The Labute approximate surface area is 207 Å². The molecule has 0 fully saturated rings. The molecule has 216 valence electrons. The molecule has 1 aromatic carbocycles. The molecule has 1 amide bonds. The van der Waals surface area contributed by atoms with Crippen molar-refractivity contribution in [3.63, 3.8) is 0 Å². The minimum absolute atomic E-state index is 0.128. The maximum Gasteiger partial charge on any atom is 0.466 e. The van der Waals surface area contributed by atoms with E-state index in [1.54, 1.807) is 5.32 Å². The molecule has 0 aliphatic carbocycles. The minimum Gasteiger partial charge on any atom is -0.743 e. The van der Waals surface area contributed by atoms with Gasteiger partial charge in [-0.05, 0) is 12.0 Å². The smallest absolute Gasteiger partial charge is 0.466 e. The van der Waals surface area contributed by atoms with Gasteiger partial charge in [-0.1, -0.05) is 36.9 Å². The van der Waals surface area contributed by atoms with Crippen molar-refractivity contribution in [1.82, 2.24) is 5.32 Å². The monoisotopic (exact) mass is 592 g/mol. The van der Waals surface area contributed by atoms with Crippen molar-refractivity contribution in [2.45, 2.75) is 48.7 Å². The van der Waals surface area contributed by atoms with Crippen LogP contribution >= 0.6 is 0 Å². The molecule has 0 aliphatic heterocycles. The fourth-order valence-electron chi connectivity index (χ4n) is 2.45. The van der Waals surface area contributed by atoms with E-state index in [4.69, 9.17) is 0 Å². The van der Waals surface area contributed by atoms with E-state index >= 15 is 0 Å². The van der Waals surface area contributed by atoms with Crippen molar-refractivity contribution in [2.75, 3.05) is 6.61 Å². The van der Waals surface area contributed by atoms with E-state index in [0.29, 0.717) is 0 Å². The number of rotatable bonds is 12. The Bertz CT molecular complexity index is 1120. The molecule has 0 saturated heterocycles. The topological polar surface area (TPSA) is 122 Å². The molecule has 0 radical (unpaired) electrons. The quantitative estimate of drug-likeness (QED) is 0.0979. The van der Waals surface area contributed by atoms with Gasteiger partial charge >= 0.3 is 41.2 Å². The SMILES string of the molecule is C=C(C(=O)OC(OCCCC(F)(F)C(F)(F)S(=O)(=O)[O-])(C(=O)NCc1ccccc1)C(F)(F)F)C(F)(F)F. The minimum atomic E-state index is -6.94. The van der Waals surface area contributed by atoms with Gasteiger partial charge in [-0.2, -0.15) is 43.9 Å². The molecule has 1 N–H and O–H groups in total. The van der Waals surface area contributed by atoms with E-state index < -0.39 is 82.9 Å². The van der Waals surface area contributed by atoms with Gasteiger partial charge in [0, 0.05) is 13.0 Å². The second-order valence-corrected chi connectivity index (χ2v) is 8.70. The second-order valence-electron chi connectivity index (χ2n) is 7.28. The van der Waals surface area contributed by atoms with Gasteiger partial charge < -0.3 is 19.3 Å². The van der Waals surface area contributed by atoms with Gasteiger partial charge in [-0.15, -0.1) is 0 Å². The Kier molecular flexibility index (Phi) is 9.96. The molecule has 0 aliphatic rings. The highest BCUT2D eigenvalue weighted by atomic mass is 32.2. The number of hydrogen-bond donors (Lipinski definition) is 1. The number of amides is 1. The first kappa shape index (κ1) is 33.1. The Morgan fingerprint density at radius 2 is 1.47 bits per heavy atom. The van der Waals surface area contributed by atoms with E-state index in [1.807, 2.05) is 0 Å². The third-order valence-corrected chi connectivity index (χ3v) is 5.40. The molecule has 0 bridgehead atoms. The molecule has 1 atom stereocenters. The normalized spacial score (nSPS) is 14.9. The molecule has 1 aromatic rings. The van der Waals surface area contributed by atoms with Crippen LogP contribution in [0.4, 0.5) is 43.9 Å². The lowest BCUT2D eigenvalue weighted by molar-refractivity contribution is -0.348. The number of carbonyl (C=O) groups excluding carboxylic acids is 2. The third-order valence-electron chi connectivity index (χ3n) is 4.47. The molecular formula is C19H16F10NO7S-. The number of hydrogen-bond acceptors (Lipinski definition) is 7. The van der Waals surface area contributed by atoms with E-state index in [-0.39, 0.29) is 5.56 Å². The molecule has 0 spiro atoms. The fourth-order valence-corrected chi connectivity index (χ4v) is 2.92. The Morgan fingerprint density at radius 3 is 1.92 bits per heavy atom. The average molecular weight is 592 g/mol. The highest BCUT2D eigenvalue weighted by Crippen LogP contribution is 2.42. The summed E-state index contributed by atoms with van der Waals surface area (Å²) in [6.07, 6.45) is -15.8. The first-order chi connectivity index (χ1) is 17.0. The van der Waals surface area contributed by atoms with Crippen LogP contribution in [0.3, 0.4) is 0 Å². The number of alkyl halides is 10. The van der Waals surface area contributed by atoms with Crippen LogP contribution < -0.4 is 5.32 Å². The van der Waals surface area contributed by atoms with Crippen molar-refractivity contribution < 1.29 is 75.9 Å². The fraction of sp³-hybridized carbons (Fsp3) is 0.474. The summed E-state index contributed by atoms with van der Waals surface area (Å²) in [5, 5.41) is -4.63. The lowest BCUT2D eigenvalue weighted by Gasteiger charge is -2.34. The summed E-state index contributed by atoms with van der Waals surface area (Å²) < 4.78 is 172. The highest BCUT2D eigenvalue weighted by molar-refractivity contribution is 7.86. The molecule has 0 heterocycles. The molecule has 0 aromatic heterocycles. The number of ether oxygens (including phenoxy) is 2. The van der Waals surface area contributed by atoms with Crippen LogP contribution in [0.5, 0.6) is 0 Å². The standard InChI is InChI=1S/C19H17F10NO7S/c1-11(17(22,23)24)13(31)37-16(18(25,26)27,14(32)30-10-12-6-3-2-4-7-12)36-9-5-8-15(20,21)19(28,29)38(33,34)35/h2-4,6-7H,1,5,8-10H2,(H,30,32)(H,33,34,35)/p-1. The zero-order chi connectivity index (χ0) is 29.8. The van der Waals surface area contributed by atoms with Crippen LogP contribution in [0, 0.1) is 0 Å². The summed E-state index contributed by atoms with van der Waals surface area (Å²) in [5.41, 5.74) is -2.40. The Morgan fingerprint density at radius 1 is 0.947 bits per heavy atom. The summed E-state index contributed by atoms with van der Waals surface area (Å²) in [6.45, 7) is -0.384. The maximum absolute atomic E-state index is 13.9. The summed E-state index contributed by atoms with van der Waals surface area (Å²) in [4.78, 5) is 24.2. The molecule has 1 rings (SSSR count). The zero-order valence-corrected chi connectivity index (χ0v) is 19.3. The van der Waals surface area contributed by atoms with Gasteiger partial charge in [0.2, 0.25) is 0 Å². The number of halogens is 10. The number of carbonyl (C=O) groups is 2. The van der Waals surface area contributed by atoms with Gasteiger partial charge in [0.1, 0.15) is 5.57 Å². The van der Waals surface area contributed by atoms with E-state index in [2.05, 4.69) is 16.1 Å². The molecule has 1 unspecified atom stereocenters. The molecular weight excluding hydrogens is 576 g/mol. The lowest BCUT2D eigenvalue weighted by Crippen LogP contribution is -2.61. The van der Waals surface area contributed by atoms with Crippen molar-refractivity contribution in [3.8, 4) is 0 Å². The van der Waals surface area contributed by atoms with Gasteiger partial charge in [-0.3, -0.25) is 4.79 Å².